The number of nitrogens with one attached hydrogen (secondary N) is 3. The Balaban J connectivity index is 1.62. The number of carbonyl (C=O) groups excluding carboxylic acids is 2. The highest BCUT2D eigenvalue weighted by Gasteiger charge is 2.25. The molecule has 1 unspecified atom stereocenters. The fourth-order valence-electron chi connectivity index (χ4n) is 2.84. The Hall–Kier alpha value is -4.28. The van der Waals surface area contributed by atoms with Crippen LogP contribution in [0.25, 0.3) is 11.3 Å². The summed E-state index contributed by atoms with van der Waals surface area (Å²) in [5.74, 6) is -4.44. The molecule has 0 bridgehead atoms. The van der Waals surface area contributed by atoms with E-state index in [4.69, 9.17) is 4.52 Å². The number of anilines is 2. The first-order valence-electron chi connectivity index (χ1n) is 9.78. The van der Waals surface area contributed by atoms with Crippen LogP contribution in [0.2, 0.25) is 0 Å². The largest absolute Gasteiger partial charge is 0.480 e. The molecule has 0 saturated carbocycles. The van der Waals surface area contributed by atoms with E-state index in [9.17, 15) is 28.3 Å². The first-order valence-corrected chi connectivity index (χ1v) is 9.78. The van der Waals surface area contributed by atoms with Crippen LogP contribution in [0.5, 0.6) is 0 Å². The van der Waals surface area contributed by atoms with E-state index in [1.54, 1.807) is 38.1 Å². The van der Waals surface area contributed by atoms with Crippen LogP contribution in [0.3, 0.4) is 0 Å². The first kappa shape index (κ1) is 23.4. The summed E-state index contributed by atoms with van der Waals surface area (Å²) in [5.41, 5.74) is 1.39. The highest BCUT2D eigenvalue weighted by Crippen LogP contribution is 2.22. The minimum Gasteiger partial charge on any atom is -0.480 e. The molecule has 1 aromatic heterocycles. The molecule has 4 N–H and O–H groups in total. The molecule has 3 amide bonds. The predicted octanol–water partition coefficient (Wildman–Crippen LogP) is 4.10. The van der Waals surface area contributed by atoms with Crippen molar-refractivity contribution in [2.24, 2.45) is 5.92 Å². The average molecular weight is 458 g/mol. The second-order valence-corrected chi connectivity index (χ2v) is 7.40. The molecule has 33 heavy (non-hydrogen) atoms. The van der Waals surface area contributed by atoms with Gasteiger partial charge in [0.1, 0.15) is 11.7 Å². The van der Waals surface area contributed by atoms with Crippen molar-refractivity contribution < 1.29 is 32.8 Å². The number of carboxylic acids is 1. The van der Waals surface area contributed by atoms with Gasteiger partial charge in [0.15, 0.2) is 11.6 Å². The number of nitrogens with zero attached hydrogens (tertiary/aromatic N) is 1. The molecule has 0 spiro atoms. The van der Waals surface area contributed by atoms with Gasteiger partial charge >= 0.3 is 12.0 Å². The lowest BCUT2D eigenvalue weighted by Gasteiger charge is -2.16. The lowest BCUT2D eigenvalue weighted by atomic mass is 10.0. The maximum atomic E-state index is 13.2. The molecule has 9 nitrogen and oxygen atoms in total. The van der Waals surface area contributed by atoms with E-state index >= 15 is 0 Å². The minimum absolute atomic E-state index is 0.0824. The number of halogens is 2. The SMILES string of the molecule is CC(C)C(NC(=O)c1cc(-c2ccc(NC(=O)Nc3ccc(F)c(F)c3)cc2)no1)C(=O)O. The minimum atomic E-state index is -1.16. The molecule has 3 aromatic rings. The van der Waals surface area contributed by atoms with E-state index in [-0.39, 0.29) is 17.4 Å². The van der Waals surface area contributed by atoms with Crippen molar-refractivity contribution in [1.82, 2.24) is 10.5 Å². The molecule has 0 aliphatic carbocycles. The Morgan fingerprint density at radius 2 is 1.58 bits per heavy atom. The summed E-state index contributed by atoms with van der Waals surface area (Å²) in [6.07, 6.45) is 0. The quantitative estimate of drug-likeness (QED) is 0.421. The zero-order valence-electron chi connectivity index (χ0n) is 17.6. The van der Waals surface area contributed by atoms with E-state index in [0.717, 1.165) is 12.1 Å². The number of amides is 3. The zero-order valence-corrected chi connectivity index (χ0v) is 17.6. The summed E-state index contributed by atoms with van der Waals surface area (Å²) in [6.45, 7) is 3.33. The Kier molecular flexibility index (Phi) is 7.01. The highest BCUT2D eigenvalue weighted by molar-refractivity contribution is 6.00. The van der Waals surface area contributed by atoms with Crippen molar-refractivity contribution in [2.45, 2.75) is 19.9 Å². The number of rotatable bonds is 7. The van der Waals surface area contributed by atoms with Crippen LogP contribution >= 0.6 is 0 Å². The molecule has 1 heterocycles. The van der Waals surface area contributed by atoms with Gasteiger partial charge in [0, 0.05) is 29.1 Å². The van der Waals surface area contributed by atoms with Crippen LogP contribution in [-0.4, -0.2) is 34.2 Å². The molecular formula is C22H20F2N4O5. The molecule has 0 aliphatic rings. The van der Waals surface area contributed by atoms with E-state index in [1.807, 2.05) is 0 Å². The number of aromatic nitrogens is 1. The number of hydrogen-bond donors (Lipinski definition) is 4. The Morgan fingerprint density at radius 1 is 0.939 bits per heavy atom. The molecule has 2 aromatic carbocycles. The van der Waals surface area contributed by atoms with Crippen molar-refractivity contribution in [1.29, 1.82) is 0 Å². The van der Waals surface area contributed by atoms with Crippen molar-refractivity contribution in [2.75, 3.05) is 10.6 Å². The summed E-state index contributed by atoms with van der Waals surface area (Å²) in [6, 6.07) is 8.96. The molecule has 3 rings (SSSR count). The average Bonchev–Trinajstić information content (AvgIpc) is 3.25. The lowest BCUT2D eigenvalue weighted by molar-refractivity contribution is -0.140. The maximum Gasteiger partial charge on any atom is 0.326 e. The van der Waals surface area contributed by atoms with Gasteiger partial charge in [0.05, 0.1) is 0 Å². The molecule has 1 atom stereocenters. The van der Waals surface area contributed by atoms with Gasteiger partial charge < -0.3 is 25.6 Å². The molecule has 11 heteroatoms. The Bertz CT molecular complexity index is 1180. The van der Waals surface area contributed by atoms with Gasteiger partial charge in [-0.1, -0.05) is 31.1 Å². The summed E-state index contributed by atoms with van der Waals surface area (Å²) >= 11 is 0. The van der Waals surface area contributed by atoms with Crippen LogP contribution in [0.1, 0.15) is 24.4 Å². The van der Waals surface area contributed by atoms with Crippen LogP contribution < -0.4 is 16.0 Å². The standard InChI is InChI=1S/C22H20F2N4O5/c1-11(2)19(21(30)31)27-20(29)18-10-17(28-33-18)12-3-5-13(6-4-12)25-22(32)26-14-7-8-15(23)16(24)9-14/h3-11,19H,1-2H3,(H,27,29)(H,30,31)(H2,25,26,32). The molecule has 0 saturated heterocycles. The molecule has 0 radical (unpaired) electrons. The van der Waals surface area contributed by atoms with Crippen LogP contribution in [0.4, 0.5) is 25.0 Å². The van der Waals surface area contributed by atoms with Gasteiger partial charge in [0.2, 0.25) is 5.76 Å². The van der Waals surface area contributed by atoms with Gasteiger partial charge in [0.25, 0.3) is 5.91 Å². The van der Waals surface area contributed by atoms with E-state index in [0.29, 0.717) is 16.9 Å². The van der Waals surface area contributed by atoms with Gasteiger partial charge in [-0.2, -0.15) is 0 Å². The third kappa shape index (κ3) is 5.91. The number of urea groups is 1. The van der Waals surface area contributed by atoms with E-state index in [2.05, 4.69) is 21.1 Å². The van der Waals surface area contributed by atoms with Gasteiger partial charge in [-0.15, -0.1) is 0 Å². The summed E-state index contributed by atoms with van der Waals surface area (Å²) < 4.78 is 31.2. The Labute approximate surface area is 186 Å². The number of aliphatic carboxylic acids is 1. The van der Waals surface area contributed by atoms with Crippen LogP contribution in [0, 0.1) is 17.6 Å². The van der Waals surface area contributed by atoms with Gasteiger partial charge in [-0.25, -0.2) is 18.4 Å². The smallest absolute Gasteiger partial charge is 0.326 e. The maximum absolute atomic E-state index is 13.2. The molecule has 0 aliphatic heterocycles. The normalized spacial score (nSPS) is 11.7. The number of benzene rings is 2. The summed E-state index contributed by atoms with van der Waals surface area (Å²) in [7, 11) is 0. The molecule has 172 valence electrons. The van der Waals surface area contributed by atoms with Crippen LogP contribution in [0.15, 0.2) is 53.1 Å². The fraction of sp³-hybridized carbons (Fsp3) is 0.182. The monoisotopic (exact) mass is 458 g/mol. The van der Waals surface area contributed by atoms with Crippen molar-refractivity contribution in [3.63, 3.8) is 0 Å². The van der Waals surface area contributed by atoms with Crippen molar-refractivity contribution in [3.05, 3.63) is 65.9 Å². The van der Waals surface area contributed by atoms with Crippen molar-refractivity contribution in [3.8, 4) is 11.3 Å². The zero-order chi connectivity index (χ0) is 24.1. The number of hydrogen-bond acceptors (Lipinski definition) is 5. The van der Waals surface area contributed by atoms with Crippen molar-refractivity contribution >= 4 is 29.3 Å². The second kappa shape index (κ2) is 9.90. The number of carbonyl (C=O) groups is 3. The first-order chi connectivity index (χ1) is 15.6. The van der Waals surface area contributed by atoms with Gasteiger partial charge in [-0.05, 0) is 30.2 Å². The van der Waals surface area contributed by atoms with Gasteiger partial charge in [-0.3, -0.25) is 4.79 Å². The van der Waals surface area contributed by atoms with E-state index < -0.39 is 35.6 Å². The molecule has 0 fully saturated rings. The third-order valence-corrected chi connectivity index (χ3v) is 4.57. The topological polar surface area (TPSA) is 134 Å². The summed E-state index contributed by atoms with van der Waals surface area (Å²) in [5, 5.41) is 20.3. The lowest BCUT2D eigenvalue weighted by Crippen LogP contribution is -2.44. The second-order valence-electron chi connectivity index (χ2n) is 7.40. The summed E-state index contributed by atoms with van der Waals surface area (Å²) in [4.78, 5) is 35.6. The Morgan fingerprint density at radius 3 is 2.18 bits per heavy atom. The predicted molar refractivity (Wildman–Crippen MR) is 115 cm³/mol. The number of carboxylic acid groups (broad SMARTS) is 1. The third-order valence-electron chi connectivity index (χ3n) is 4.57. The highest BCUT2D eigenvalue weighted by atomic mass is 19.2. The molecular weight excluding hydrogens is 438 g/mol. The van der Waals surface area contributed by atoms with E-state index in [1.165, 1.54) is 12.1 Å². The fourth-order valence-corrected chi connectivity index (χ4v) is 2.84. The van der Waals surface area contributed by atoms with Crippen LogP contribution in [-0.2, 0) is 4.79 Å².